The van der Waals surface area contributed by atoms with Gasteiger partial charge in [0.2, 0.25) is 5.91 Å². The van der Waals surface area contributed by atoms with Crippen molar-refractivity contribution in [3.63, 3.8) is 0 Å². The van der Waals surface area contributed by atoms with Crippen molar-refractivity contribution in [3.05, 3.63) is 23.8 Å². The highest BCUT2D eigenvalue weighted by molar-refractivity contribution is 5.81. The van der Waals surface area contributed by atoms with E-state index in [1.807, 2.05) is 17.0 Å². The van der Waals surface area contributed by atoms with Gasteiger partial charge < -0.3 is 16.0 Å². The summed E-state index contributed by atoms with van der Waals surface area (Å²) in [7, 11) is 0. The van der Waals surface area contributed by atoms with Crippen molar-refractivity contribution in [1.29, 1.82) is 0 Å². The van der Waals surface area contributed by atoms with E-state index in [-0.39, 0.29) is 0 Å². The van der Waals surface area contributed by atoms with Crippen molar-refractivity contribution >= 4 is 17.3 Å². The zero-order valence-corrected chi connectivity index (χ0v) is 12.1. The van der Waals surface area contributed by atoms with Gasteiger partial charge in [-0.2, -0.15) is 0 Å². The van der Waals surface area contributed by atoms with Gasteiger partial charge in [-0.05, 0) is 49.8 Å². The molecule has 1 saturated carbocycles. The largest absolute Gasteiger partial charge is 0.397 e. The number of likely N-dealkylation sites (tertiary alicyclic amines) is 1. The van der Waals surface area contributed by atoms with Crippen molar-refractivity contribution in [2.24, 2.45) is 11.8 Å². The summed E-state index contributed by atoms with van der Waals surface area (Å²) < 4.78 is 0. The lowest BCUT2D eigenvalue weighted by Gasteiger charge is -2.17. The molecule has 0 bridgehead atoms. The lowest BCUT2D eigenvalue weighted by atomic mass is 10.1. The molecule has 1 saturated heterocycles. The Morgan fingerprint density at radius 1 is 1.40 bits per heavy atom. The van der Waals surface area contributed by atoms with Crippen molar-refractivity contribution in [1.82, 2.24) is 4.90 Å². The van der Waals surface area contributed by atoms with Crippen LogP contribution in [0.3, 0.4) is 0 Å². The molecule has 108 valence electrons. The zero-order valence-electron chi connectivity index (χ0n) is 12.1. The first-order chi connectivity index (χ1) is 9.63. The van der Waals surface area contributed by atoms with Crippen LogP contribution in [-0.4, -0.2) is 30.4 Å². The Hall–Kier alpha value is -1.71. The number of nitrogens with two attached hydrogens (primary N) is 1. The van der Waals surface area contributed by atoms with Gasteiger partial charge in [0.1, 0.15) is 0 Å². The maximum Gasteiger partial charge on any atom is 0.225 e. The third-order valence-corrected chi connectivity index (χ3v) is 4.31. The van der Waals surface area contributed by atoms with Crippen LogP contribution in [0, 0.1) is 18.8 Å². The summed E-state index contributed by atoms with van der Waals surface area (Å²) in [6, 6.07) is 6.04. The Bertz CT molecular complexity index is 510. The smallest absolute Gasteiger partial charge is 0.225 e. The molecule has 0 spiro atoms. The summed E-state index contributed by atoms with van der Waals surface area (Å²) in [5, 5.41) is 3.44. The maximum atomic E-state index is 12.0. The van der Waals surface area contributed by atoms with Crippen LogP contribution in [-0.2, 0) is 4.79 Å². The van der Waals surface area contributed by atoms with E-state index in [1.165, 1.54) is 5.56 Å². The molecule has 1 amide bonds. The fourth-order valence-corrected chi connectivity index (χ4v) is 2.87. The average Bonchev–Trinajstić information content (AvgIpc) is 3.18. The zero-order chi connectivity index (χ0) is 14.1. The molecule has 4 nitrogen and oxygen atoms in total. The van der Waals surface area contributed by atoms with Crippen LogP contribution in [0.5, 0.6) is 0 Å². The fourth-order valence-electron chi connectivity index (χ4n) is 2.87. The molecule has 2 aliphatic rings. The summed E-state index contributed by atoms with van der Waals surface area (Å²) in [5.41, 5.74) is 8.98. The number of carbonyl (C=O) groups is 1. The Labute approximate surface area is 120 Å². The Kier molecular flexibility index (Phi) is 3.55. The van der Waals surface area contributed by atoms with Gasteiger partial charge in [-0.25, -0.2) is 0 Å². The second-order valence-electron chi connectivity index (χ2n) is 6.18. The highest BCUT2D eigenvalue weighted by Gasteiger charge is 2.36. The third kappa shape index (κ3) is 2.89. The number of hydrogen-bond acceptors (Lipinski definition) is 3. The van der Waals surface area contributed by atoms with Gasteiger partial charge in [-0.15, -0.1) is 0 Å². The molecule has 4 heteroatoms. The molecule has 1 aliphatic heterocycles. The monoisotopic (exact) mass is 273 g/mol. The Morgan fingerprint density at radius 2 is 2.20 bits per heavy atom. The van der Waals surface area contributed by atoms with E-state index in [9.17, 15) is 4.79 Å². The van der Waals surface area contributed by atoms with Crippen LogP contribution in [0.15, 0.2) is 18.2 Å². The van der Waals surface area contributed by atoms with E-state index >= 15 is 0 Å². The van der Waals surface area contributed by atoms with Crippen LogP contribution >= 0.6 is 0 Å². The van der Waals surface area contributed by atoms with Gasteiger partial charge in [0.05, 0.1) is 11.4 Å². The van der Waals surface area contributed by atoms with E-state index in [0.29, 0.717) is 17.7 Å². The third-order valence-electron chi connectivity index (χ3n) is 4.31. The number of nitrogen functional groups attached to an aromatic ring is 1. The van der Waals surface area contributed by atoms with Crippen molar-refractivity contribution < 1.29 is 4.79 Å². The van der Waals surface area contributed by atoms with E-state index in [1.54, 1.807) is 0 Å². The molecule has 1 atom stereocenters. The molecular formula is C16H23N3O. The number of nitrogens with zero attached hydrogens (tertiary/aromatic N) is 1. The fraction of sp³-hybridized carbons (Fsp3) is 0.562. The summed E-state index contributed by atoms with van der Waals surface area (Å²) in [6.07, 6.45) is 3.29. The van der Waals surface area contributed by atoms with E-state index < -0.39 is 0 Å². The second kappa shape index (κ2) is 5.35. The minimum atomic E-state index is 0.342. The van der Waals surface area contributed by atoms with E-state index in [0.717, 1.165) is 50.3 Å². The molecule has 20 heavy (non-hydrogen) atoms. The van der Waals surface area contributed by atoms with Crippen molar-refractivity contribution in [3.8, 4) is 0 Å². The maximum absolute atomic E-state index is 12.0. The van der Waals surface area contributed by atoms with Gasteiger partial charge in [-0.1, -0.05) is 6.07 Å². The van der Waals surface area contributed by atoms with Gasteiger partial charge >= 0.3 is 0 Å². The van der Waals surface area contributed by atoms with Gasteiger partial charge in [0.25, 0.3) is 0 Å². The number of aryl methyl sites for hydroxylation is 1. The molecule has 3 N–H and O–H groups in total. The predicted molar refractivity (Wildman–Crippen MR) is 81.5 cm³/mol. The predicted octanol–water partition coefficient (Wildman–Crippen LogP) is 2.25. The number of benzene rings is 1. The quantitative estimate of drug-likeness (QED) is 0.827. The summed E-state index contributed by atoms with van der Waals surface area (Å²) in [5.74, 6) is 1.26. The van der Waals surface area contributed by atoms with E-state index in [4.69, 9.17) is 5.73 Å². The molecule has 1 aliphatic carbocycles. The average molecular weight is 273 g/mol. The van der Waals surface area contributed by atoms with Crippen LogP contribution < -0.4 is 11.1 Å². The lowest BCUT2D eigenvalue weighted by Crippen LogP contribution is -2.30. The minimum absolute atomic E-state index is 0.342. The summed E-state index contributed by atoms with van der Waals surface area (Å²) in [6.45, 7) is 4.78. The van der Waals surface area contributed by atoms with Crippen LogP contribution in [0.2, 0.25) is 0 Å². The normalized spacial score (nSPS) is 22.1. The van der Waals surface area contributed by atoms with Gasteiger partial charge in [0, 0.05) is 25.6 Å². The number of nitrogens with one attached hydrogen (secondary N) is 1. The molecule has 1 aromatic rings. The SMILES string of the molecule is Cc1ccc(N)c(NC[C@@H]2CCN(C(=O)C3CC3)C2)c1. The molecule has 0 radical (unpaired) electrons. The summed E-state index contributed by atoms with van der Waals surface area (Å²) >= 11 is 0. The Morgan fingerprint density at radius 3 is 2.95 bits per heavy atom. The first kappa shape index (κ1) is 13.3. The summed E-state index contributed by atoms with van der Waals surface area (Å²) in [4.78, 5) is 14.1. The first-order valence-corrected chi connectivity index (χ1v) is 7.52. The Balaban J connectivity index is 1.52. The molecular weight excluding hydrogens is 250 g/mol. The highest BCUT2D eigenvalue weighted by Crippen LogP contribution is 2.33. The van der Waals surface area contributed by atoms with Crippen LogP contribution in [0.1, 0.15) is 24.8 Å². The van der Waals surface area contributed by atoms with Gasteiger partial charge in [0.15, 0.2) is 0 Å². The van der Waals surface area contributed by atoms with Crippen molar-refractivity contribution in [2.75, 3.05) is 30.7 Å². The molecule has 3 rings (SSSR count). The number of hydrogen-bond donors (Lipinski definition) is 2. The minimum Gasteiger partial charge on any atom is -0.397 e. The molecule has 2 fully saturated rings. The number of rotatable bonds is 4. The molecule has 1 heterocycles. The molecule has 1 aromatic carbocycles. The van der Waals surface area contributed by atoms with Crippen LogP contribution in [0.25, 0.3) is 0 Å². The van der Waals surface area contributed by atoms with Crippen molar-refractivity contribution in [2.45, 2.75) is 26.2 Å². The molecule has 0 aromatic heterocycles. The van der Waals surface area contributed by atoms with Gasteiger partial charge in [-0.3, -0.25) is 4.79 Å². The molecule has 0 unspecified atom stereocenters. The topological polar surface area (TPSA) is 58.4 Å². The number of anilines is 2. The lowest BCUT2D eigenvalue weighted by molar-refractivity contribution is -0.131. The number of carbonyl (C=O) groups excluding carboxylic acids is 1. The highest BCUT2D eigenvalue weighted by atomic mass is 16.2. The van der Waals surface area contributed by atoms with E-state index in [2.05, 4.69) is 18.3 Å². The second-order valence-corrected chi connectivity index (χ2v) is 6.18. The van der Waals surface area contributed by atoms with Crippen LogP contribution in [0.4, 0.5) is 11.4 Å². The standard InChI is InChI=1S/C16H23N3O/c1-11-2-5-14(17)15(8-11)18-9-12-6-7-19(10-12)16(20)13-3-4-13/h2,5,8,12-13,18H,3-4,6-7,9-10,17H2,1H3/t12-/m0/s1. The first-order valence-electron chi connectivity index (χ1n) is 7.52. The number of amides is 1.